The van der Waals surface area contributed by atoms with E-state index in [1.165, 1.54) is 12.1 Å². The Kier molecular flexibility index (Phi) is 2.55. The summed E-state index contributed by atoms with van der Waals surface area (Å²) in [5.74, 6) is -0.946. The second kappa shape index (κ2) is 3.45. The highest BCUT2D eigenvalue weighted by atomic mass is 32.1. The first-order valence-corrected chi connectivity index (χ1v) is 3.78. The molecule has 0 unspecified atom stereocenters. The van der Waals surface area contributed by atoms with Crippen molar-refractivity contribution in [2.45, 2.75) is 4.90 Å². The quantitative estimate of drug-likeness (QED) is 0.685. The van der Waals surface area contributed by atoms with Gasteiger partial charge in [0.1, 0.15) is 0 Å². The first-order chi connectivity index (χ1) is 5.65. The molecule has 0 heterocycles. The van der Waals surface area contributed by atoms with Gasteiger partial charge < -0.3 is 5.11 Å². The third-order valence-electron chi connectivity index (χ3n) is 1.49. The molecular formula is C9H8O2S. The predicted octanol–water partition coefficient (Wildman–Crippen LogP) is 2.32. The highest BCUT2D eigenvalue weighted by Gasteiger charge is 2.06. The van der Waals surface area contributed by atoms with E-state index in [1.807, 2.05) is 0 Å². The molecule has 3 heteroatoms. The van der Waals surface area contributed by atoms with E-state index in [0.717, 1.165) is 4.90 Å². The van der Waals surface area contributed by atoms with Gasteiger partial charge in [0.05, 0.1) is 5.56 Å². The molecule has 2 nitrogen and oxygen atoms in total. The Morgan fingerprint density at radius 3 is 2.75 bits per heavy atom. The van der Waals surface area contributed by atoms with Crippen LogP contribution in [-0.4, -0.2) is 11.1 Å². The minimum absolute atomic E-state index is 0.253. The standard InChI is InChI=1S/C9H8O2S/c1-2-6-5-7(12)3-4-8(6)9(10)11/h2-5,12H,1H2,(H,10,11). The number of hydrogen-bond donors (Lipinski definition) is 2. The average molecular weight is 180 g/mol. The molecular weight excluding hydrogens is 172 g/mol. The molecule has 12 heavy (non-hydrogen) atoms. The summed E-state index contributed by atoms with van der Waals surface area (Å²) in [4.78, 5) is 11.4. The molecule has 62 valence electrons. The molecule has 1 rings (SSSR count). The van der Waals surface area contributed by atoms with Crippen molar-refractivity contribution in [3.05, 3.63) is 35.9 Å². The van der Waals surface area contributed by atoms with E-state index in [-0.39, 0.29) is 5.56 Å². The zero-order valence-electron chi connectivity index (χ0n) is 6.32. The van der Waals surface area contributed by atoms with Gasteiger partial charge in [-0.1, -0.05) is 12.7 Å². The first kappa shape index (κ1) is 8.87. The SMILES string of the molecule is C=Cc1cc(S)ccc1C(=O)O. The van der Waals surface area contributed by atoms with Crippen LogP contribution in [0.4, 0.5) is 0 Å². The van der Waals surface area contributed by atoms with Gasteiger partial charge in [-0.25, -0.2) is 4.79 Å². The molecule has 0 aromatic heterocycles. The Bertz CT molecular complexity index is 331. The molecule has 1 aromatic carbocycles. The van der Waals surface area contributed by atoms with Crippen molar-refractivity contribution in [2.75, 3.05) is 0 Å². The maximum atomic E-state index is 10.6. The number of rotatable bonds is 2. The minimum Gasteiger partial charge on any atom is -0.478 e. The van der Waals surface area contributed by atoms with E-state index >= 15 is 0 Å². The smallest absolute Gasteiger partial charge is 0.336 e. The summed E-state index contributed by atoms with van der Waals surface area (Å²) in [5.41, 5.74) is 0.845. The van der Waals surface area contributed by atoms with Gasteiger partial charge in [0.2, 0.25) is 0 Å². The van der Waals surface area contributed by atoms with E-state index in [2.05, 4.69) is 19.2 Å². The molecule has 1 aromatic rings. The van der Waals surface area contributed by atoms with Gasteiger partial charge in [-0.3, -0.25) is 0 Å². The van der Waals surface area contributed by atoms with Crippen LogP contribution in [0, 0.1) is 0 Å². The lowest BCUT2D eigenvalue weighted by molar-refractivity contribution is 0.0696. The van der Waals surface area contributed by atoms with Crippen molar-refractivity contribution in [3.8, 4) is 0 Å². The van der Waals surface area contributed by atoms with Gasteiger partial charge in [0.15, 0.2) is 0 Å². The fourth-order valence-corrected chi connectivity index (χ4v) is 1.13. The van der Waals surface area contributed by atoms with E-state index in [9.17, 15) is 4.79 Å². The van der Waals surface area contributed by atoms with Crippen LogP contribution < -0.4 is 0 Å². The lowest BCUT2D eigenvalue weighted by atomic mass is 10.1. The predicted molar refractivity (Wildman–Crippen MR) is 50.7 cm³/mol. The molecule has 1 N–H and O–H groups in total. The van der Waals surface area contributed by atoms with Crippen LogP contribution in [0.25, 0.3) is 6.08 Å². The summed E-state index contributed by atoms with van der Waals surface area (Å²) >= 11 is 4.08. The van der Waals surface area contributed by atoms with Crippen molar-refractivity contribution >= 4 is 24.7 Å². The van der Waals surface area contributed by atoms with Crippen molar-refractivity contribution in [1.29, 1.82) is 0 Å². The van der Waals surface area contributed by atoms with Gasteiger partial charge in [-0.05, 0) is 23.8 Å². The summed E-state index contributed by atoms with van der Waals surface area (Å²) < 4.78 is 0. The molecule has 0 aliphatic heterocycles. The Morgan fingerprint density at radius 1 is 1.58 bits per heavy atom. The number of aromatic carboxylic acids is 1. The lowest BCUT2D eigenvalue weighted by Gasteiger charge is -2.00. The second-order valence-electron chi connectivity index (χ2n) is 2.28. The van der Waals surface area contributed by atoms with Gasteiger partial charge in [0.25, 0.3) is 0 Å². The van der Waals surface area contributed by atoms with Crippen LogP contribution >= 0.6 is 12.6 Å². The number of carboxylic acids is 1. The van der Waals surface area contributed by atoms with Crippen LogP contribution in [0.1, 0.15) is 15.9 Å². The molecule has 0 bridgehead atoms. The second-order valence-corrected chi connectivity index (χ2v) is 2.80. The normalized spacial score (nSPS) is 9.42. The van der Waals surface area contributed by atoms with Crippen LogP contribution in [0.5, 0.6) is 0 Å². The zero-order valence-corrected chi connectivity index (χ0v) is 7.21. The lowest BCUT2D eigenvalue weighted by Crippen LogP contribution is -1.98. The molecule has 0 saturated heterocycles. The Labute approximate surface area is 75.9 Å². The highest BCUT2D eigenvalue weighted by molar-refractivity contribution is 7.80. The summed E-state index contributed by atoms with van der Waals surface area (Å²) in [6.07, 6.45) is 1.50. The van der Waals surface area contributed by atoms with Crippen molar-refractivity contribution in [1.82, 2.24) is 0 Å². The first-order valence-electron chi connectivity index (χ1n) is 3.34. The molecule has 0 saturated carbocycles. The molecule has 0 fully saturated rings. The zero-order chi connectivity index (χ0) is 9.14. The fraction of sp³-hybridized carbons (Fsp3) is 0. The summed E-state index contributed by atoms with van der Waals surface area (Å²) in [5, 5.41) is 8.71. The summed E-state index contributed by atoms with van der Waals surface area (Å²) in [6, 6.07) is 4.82. The topological polar surface area (TPSA) is 37.3 Å². The molecule has 0 radical (unpaired) electrons. The summed E-state index contributed by atoms with van der Waals surface area (Å²) in [7, 11) is 0. The molecule has 0 spiro atoms. The number of carbonyl (C=O) groups is 1. The minimum atomic E-state index is -0.946. The highest BCUT2D eigenvalue weighted by Crippen LogP contribution is 2.15. The van der Waals surface area contributed by atoms with Crippen LogP contribution in [0.2, 0.25) is 0 Å². The maximum Gasteiger partial charge on any atom is 0.336 e. The van der Waals surface area contributed by atoms with E-state index in [1.54, 1.807) is 12.1 Å². The number of hydrogen-bond acceptors (Lipinski definition) is 2. The third kappa shape index (κ3) is 1.68. The average Bonchev–Trinajstić information content (AvgIpc) is 2.03. The Hall–Kier alpha value is -1.22. The monoisotopic (exact) mass is 180 g/mol. The van der Waals surface area contributed by atoms with Crippen molar-refractivity contribution in [2.24, 2.45) is 0 Å². The van der Waals surface area contributed by atoms with E-state index in [4.69, 9.17) is 5.11 Å². The van der Waals surface area contributed by atoms with Gasteiger partial charge in [-0.2, -0.15) is 0 Å². The van der Waals surface area contributed by atoms with Crippen LogP contribution in [0.3, 0.4) is 0 Å². The molecule has 0 aliphatic carbocycles. The van der Waals surface area contributed by atoms with Gasteiger partial charge in [-0.15, -0.1) is 12.6 Å². The maximum absolute atomic E-state index is 10.6. The number of carboxylic acid groups (broad SMARTS) is 1. The molecule has 0 aliphatic rings. The van der Waals surface area contributed by atoms with Gasteiger partial charge >= 0.3 is 5.97 Å². The van der Waals surface area contributed by atoms with Crippen LogP contribution in [-0.2, 0) is 0 Å². The van der Waals surface area contributed by atoms with E-state index < -0.39 is 5.97 Å². The molecule has 0 amide bonds. The number of benzene rings is 1. The fourth-order valence-electron chi connectivity index (χ4n) is 0.914. The van der Waals surface area contributed by atoms with Gasteiger partial charge in [0, 0.05) is 4.90 Å². The van der Waals surface area contributed by atoms with Crippen molar-refractivity contribution in [3.63, 3.8) is 0 Å². The van der Waals surface area contributed by atoms with Crippen LogP contribution in [0.15, 0.2) is 29.7 Å². The van der Waals surface area contributed by atoms with Crippen molar-refractivity contribution < 1.29 is 9.90 Å². The van der Waals surface area contributed by atoms with E-state index in [0.29, 0.717) is 5.56 Å². The molecule has 0 atom stereocenters. The Morgan fingerprint density at radius 2 is 2.25 bits per heavy atom. The number of thiol groups is 1. The Balaban J connectivity index is 3.29. The third-order valence-corrected chi connectivity index (χ3v) is 1.76. The summed E-state index contributed by atoms with van der Waals surface area (Å²) in [6.45, 7) is 3.52. The largest absolute Gasteiger partial charge is 0.478 e.